The SMILES string of the molecule is c1ccc(-c2ccc3c(c2)c2ccc(-c4ccccc4)cc2n3-c2ccc3c4ccccc4n(-c4ccccc4-c4nc(-c5ccccc5)nc(-c5ccccc5)n4)c3c2)cc1. The Hall–Kier alpha value is -8.41. The smallest absolute Gasteiger partial charge is 0.166 e. The molecule has 0 radical (unpaired) electrons. The van der Waals surface area contributed by atoms with Crippen LogP contribution in [-0.4, -0.2) is 24.1 Å². The highest BCUT2D eigenvalue weighted by molar-refractivity contribution is 6.13. The van der Waals surface area contributed by atoms with E-state index in [2.05, 4.69) is 173 Å². The lowest BCUT2D eigenvalue weighted by Gasteiger charge is -2.15. The van der Waals surface area contributed by atoms with Crippen molar-refractivity contribution in [2.75, 3.05) is 0 Å². The number of para-hydroxylation sites is 2. The van der Waals surface area contributed by atoms with Crippen LogP contribution in [0, 0.1) is 0 Å². The van der Waals surface area contributed by atoms with Gasteiger partial charge in [-0.15, -0.1) is 0 Å². The van der Waals surface area contributed by atoms with Crippen molar-refractivity contribution in [1.82, 2.24) is 24.1 Å². The zero-order valence-electron chi connectivity index (χ0n) is 33.6. The van der Waals surface area contributed by atoms with Gasteiger partial charge in [0.15, 0.2) is 17.5 Å². The minimum Gasteiger partial charge on any atom is -0.309 e. The van der Waals surface area contributed by atoms with Crippen LogP contribution in [0.25, 0.3) is 111 Å². The minimum atomic E-state index is 0.612. The molecule has 0 aliphatic carbocycles. The number of rotatable bonds is 7. The van der Waals surface area contributed by atoms with Gasteiger partial charge in [-0.3, -0.25) is 0 Å². The zero-order chi connectivity index (χ0) is 41.0. The fourth-order valence-corrected chi connectivity index (χ4v) is 9.06. The molecule has 0 spiro atoms. The quantitative estimate of drug-likeness (QED) is 0.162. The fraction of sp³-hybridized carbons (Fsp3) is 0. The molecule has 0 unspecified atom stereocenters. The number of nitrogens with zero attached hydrogens (tertiary/aromatic N) is 5. The largest absolute Gasteiger partial charge is 0.309 e. The minimum absolute atomic E-state index is 0.612. The Morgan fingerprint density at radius 3 is 1.40 bits per heavy atom. The second-order valence-electron chi connectivity index (χ2n) is 15.6. The maximum absolute atomic E-state index is 5.18. The Morgan fingerprint density at radius 1 is 0.258 bits per heavy atom. The molecule has 0 amide bonds. The number of benzene rings is 9. The molecule has 0 bridgehead atoms. The van der Waals surface area contributed by atoms with E-state index in [1.54, 1.807) is 0 Å². The molecule has 5 nitrogen and oxygen atoms in total. The normalized spacial score (nSPS) is 11.5. The van der Waals surface area contributed by atoms with E-state index in [-0.39, 0.29) is 0 Å². The van der Waals surface area contributed by atoms with Crippen LogP contribution < -0.4 is 0 Å². The Balaban J connectivity index is 1.11. The van der Waals surface area contributed by atoms with Crippen molar-refractivity contribution in [2.45, 2.75) is 0 Å². The highest BCUT2D eigenvalue weighted by Gasteiger charge is 2.21. The zero-order valence-corrected chi connectivity index (χ0v) is 33.6. The highest BCUT2D eigenvalue weighted by atomic mass is 15.1. The van der Waals surface area contributed by atoms with Crippen molar-refractivity contribution >= 4 is 43.6 Å². The lowest BCUT2D eigenvalue weighted by Crippen LogP contribution is -2.03. The molecule has 0 aliphatic rings. The van der Waals surface area contributed by atoms with Crippen LogP contribution in [0.3, 0.4) is 0 Å². The number of hydrogen-bond acceptors (Lipinski definition) is 3. The predicted molar refractivity (Wildman–Crippen MR) is 256 cm³/mol. The van der Waals surface area contributed by atoms with E-state index < -0.39 is 0 Å². The summed E-state index contributed by atoms with van der Waals surface area (Å²) in [5.41, 5.74) is 14.1. The monoisotopic (exact) mass is 791 g/mol. The van der Waals surface area contributed by atoms with Crippen LogP contribution >= 0.6 is 0 Å². The van der Waals surface area contributed by atoms with E-state index in [0.717, 1.165) is 50.1 Å². The Kier molecular flexibility index (Phi) is 8.42. The second-order valence-corrected chi connectivity index (χ2v) is 15.6. The van der Waals surface area contributed by atoms with E-state index in [4.69, 9.17) is 15.0 Å². The first-order valence-electron chi connectivity index (χ1n) is 20.9. The van der Waals surface area contributed by atoms with Gasteiger partial charge < -0.3 is 9.13 Å². The summed E-state index contributed by atoms with van der Waals surface area (Å²) in [6.07, 6.45) is 0. The summed E-state index contributed by atoms with van der Waals surface area (Å²) in [6, 6.07) is 79.4. The third-order valence-electron chi connectivity index (χ3n) is 12.0. The van der Waals surface area contributed by atoms with E-state index >= 15 is 0 Å². The Bertz CT molecular complexity index is 3550. The molecule has 0 saturated carbocycles. The summed E-state index contributed by atoms with van der Waals surface area (Å²) >= 11 is 0. The summed E-state index contributed by atoms with van der Waals surface area (Å²) in [6.45, 7) is 0. The van der Waals surface area contributed by atoms with Crippen molar-refractivity contribution in [2.24, 2.45) is 0 Å². The molecule has 62 heavy (non-hydrogen) atoms. The van der Waals surface area contributed by atoms with E-state index in [9.17, 15) is 0 Å². The van der Waals surface area contributed by atoms with Crippen LogP contribution in [0.2, 0.25) is 0 Å². The number of fused-ring (bicyclic) bond motifs is 6. The van der Waals surface area contributed by atoms with Crippen molar-refractivity contribution < 1.29 is 0 Å². The third-order valence-corrected chi connectivity index (χ3v) is 12.0. The molecular weight excluding hydrogens is 755 g/mol. The molecule has 0 N–H and O–H groups in total. The van der Waals surface area contributed by atoms with Gasteiger partial charge in [0.05, 0.1) is 27.8 Å². The summed E-state index contributed by atoms with van der Waals surface area (Å²) in [5.74, 6) is 1.87. The van der Waals surface area contributed by atoms with Gasteiger partial charge in [0.2, 0.25) is 0 Å². The summed E-state index contributed by atoms with van der Waals surface area (Å²) < 4.78 is 4.82. The van der Waals surface area contributed by atoms with Crippen LogP contribution in [0.1, 0.15) is 0 Å². The third kappa shape index (κ3) is 5.98. The predicted octanol–water partition coefficient (Wildman–Crippen LogP) is 14.4. The molecule has 3 heterocycles. The maximum atomic E-state index is 5.18. The maximum Gasteiger partial charge on any atom is 0.166 e. The Labute approximate surface area is 358 Å². The van der Waals surface area contributed by atoms with Gasteiger partial charge in [-0.1, -0.05) is 176 Å². The van der Waals surface area contributed by atoms with Gasteiger partial charge in [0.1, 0.15) is 0 Å². The standard InChI is InChI=1S/C57H37N5/c1-5-17-38(18-6-1)42-30-34-52-49(35-42)47-32-29-43(39-19-7-2-8-20-39)36-53(47)61(52)44-31-33-46-45-25-13-15-27-50(45)62(54(46)37-44)51-28-16-14-26-48(51)57-59-55(40-21-9-3-10-22-40)58-56(60-57)41-23-11-4-12-24-41/h1-37H. The molecule has 9 aromatic carbocycles. The van der Waals surface area contributed by atoms with Crippen molar-refractivity contribution in [3.8, 4) is 67.8 Å². The molecule has 290 valence electrons. The molecule has 12 aromatic rings. The average Bonchev–Trinajstić information content (AvgIpc) is 3.86. The van der Waals surface area contributed by atoms with Crippen LogP contribution in [0.5, 0.6) is 0 Å². The molecule has 12 rings (SSSR count). The van der Waals surface area contributed by atoms with E-state index in [0.29, 0.717) is 17.5 Å². The van der Waals surface area contributed by atoms with Gasteiger partial charge in [0, 0.05) is 43.9 Å². The van der Waals surface area contributed by atoms with Crippen LogP contribution in [-0.2, 0) is 0 Å². The molecule has 3 aromatic heterocycles. The molecule has 0 saturated heterocycles. The van der Waals surface area contributed by atoms with Crippen molar-refractivity contribution in [3.63, 3.8) is 0 Å². The van der Waals surface area contributed by atoms with E-state index in [1.165, 1.54) is 43.8 Å². The first-order chi connectivity index (χ1) is 30.7. The van der Waals surface area contributed by atoms with Crippen molar-refractivity contribution in [3.05, 3.63) is 224 Å². The fourth-order valence-electron chi connectivity index (χ4n) is 9.06. The first kappa shape index (κ1) is 35.5. The van der Waals surface area contributed by atoms with Gasteiger partial charge in [-0.05, 0) is 70.8 Å². The average molecular weight is 792 g/mol. The molecule has 0 aliphatic heterocycles. The summed E-state index contributed by atoms with van der Waals surface area (Å²) in [7, 11) is 0. The highest BCUT2D eigenvalue weighted by Crippen LogP contribution is 2.41. The number of hydrogen-bond donors (Lipinski definition) is 0. The van der Waals surface area contributed by atoms with Crippen LogP contribution in [0.4, 0.5) is 0 Å². The van der Waals surface area contributed by atoms with Crippen molar-refractivity contribution in [1.29, 1.82) is 0 Å². The molecule has 0 atom stereocenters. The lowest BCUT2D eigenvalue weighted by molar-refractivity contribution is 1.06. The van der Waals surface area contributed by atoms with Gasteiger partial charge in [0.25, 0.3) is 0 Å². The lowest BCUT2D eigenvalue weighted by atomic mass is 10.0. The first-order valence-corrected chi connectivity index (χ1v) is 20.9. The molecule has 0 fully saturated rings. The number of aromatic nitrogens is 5. The summed E-state index contributed by atoms with van der Waals surface area (Å²) in [5, 5.41) is 4.77. The Morgan fingerprint density at radius 2 is 0.726 bits per heavy atom. The topological polar surface area (TPSA) is 48.5 Å². The second kappa shape index (κ2) is 14.7. The van der Waals surface area contributed by atoms with Gasteiger partial charge >= 0.3 is 0 Å². The van der Waals surface area contributed by atoms with E-state index in [1.807, 2.05) is 60.7 Å². The summed E-state index contributed by atoms with van der Waals surface area (Å²) in [4.78, 5) is 15.4. The molecule has 5 heteroatoms. The van der Waals surface area contributed by atoms with Gasteiger partial charge in [-0.2, -0.15) is 0 Å². The van der Waals surface area contributed by atoms with Crippen LogP contribution in [0.15, 0.2) is 224 Å². The van der Waals surface area contributed by atoms with Gasteiger partial charge in [-0.25, -0.2) is 15.0 Å². The molecular formula is C57H37N5.